The molecule has 0 N–H and O–H groups in total. The highest BCUT2D eigenvalue weighted by Gasteiger charge is 2.15. The van der Waals surface area contributed by atoms with Gasteiger partial charge in [0.05, 0.1) is 0 Å². The molecule has 0 saturated carbocycles. The largest absolute Gasteiger partial charge is 0.0622 e. The molecule has 0 spiro atoms. The van der Waals surface area contributed by atoms with Crippen LogP contribution in [-0.2, 0) is 0 Å². The molecular weight excluding hydrogens is 324 g/mol. The predicted molar refractivity (Wildman–Crippen MR) is 116 cm³/mol. The number of aryl methyl sites for hydroxylation is 2. The topological polar surface area (TPSA) is 0 Å². The van der Waals surface area contributed by atoms with Crippen LogP contribution in [0.3, 0.4) is 0 Å². The Bertz CT molecular complexity index is 868. The molecule has 0 heteroatoms. The first-order valence-electron chi connectivity index (χ1n) is 9.42. The van der Waals surface area contributed by atoms with E-state index in [9.17, 15) is 0 Å². The Morgan fingerprint density at radius 2 is 0.704 bits per heavy atom. The van der Waals surface area contributed by atoms with Crippen LogP contribution in [0.5, 0.6) is 0 Å². The fourth-order valence-corrected chi connectivity index (χ4v) is 3.16. The highest BCUT2D eigenvalue weighted by molar-refractivity contribution is 5.43. The molecule has 0 aliphatic heterocycles. The Labute approximate surface area is 163 Å². The van der Waals surface area contributed by atoms with Crippen molar-refractivity contribution in [2.24, 2.45) is 0 Å². The zero-order chi connectivity index (χ0) is 18.9. The Morgan fingerprint density at radius 1 is 0.370 bits per heavy atom. The third-order valence-corrected chi connectivity index (χ3v) is 4.62. The number of hydrogen-bond acceptors (Lipinski definition) is 0. The molecular formula is C27H26. The number of benzene rings is 4. The molecule has 4 aromatic carbocycles. The first-order valence-corrected chi connectivity index (χ1v) is 9.42. The summed E-state index contributed by atoms with van der Waals surface area (Å²) in [5.41, 5.74) is 6.63. The van der Waals surface area contributed by atoms with Crippen molar-refractivity contribution in [3.05, 3.63) is 143 Å². The molecule has 0 bridgehead atoms. The van der Waals surface area contributed by atoms with Crippen LogP contribution in [0.15, 0.2) is 115 Å². The van der Waals surface area contributed by atoms with Crippen LogP contribution < -0.4 is 0 Å². The maximum Gasteiger partial charge on any atom is 0.0339 e. The molecule has 0 fully saturated rings. The fraction of sp³-hybridized carbons (Fsp3) is 0.111. The van der Waals surface area contributed by atoms with Gasteiger partial charge in [0.1, 0.15) is 0 Å². The zero-order valence-corrected chi connectivity index (χ0v) is 16.0. The summed E-state index contributed by atoms with van der Waals surface area (Å²) in [5.74, 6) is 0.304. The Morgan fingerprint density at radius 3 is 1.07 bits per heavy atom. The second kappa shape index (κ2) is 9.54. The van der Waals surface area contributed by atoms with Crippen LogP contribution in [0, 0.1) is 13.8 Å². The lowest BCUT2D eigenvalue weighted by molar-refractivity contribution is 0.976. The lowest BCUT2D eigenvalue weighted by atomic mass is 9.85. The minimum absolute atomic E-state index is 0.304. The average molecular weight is 351 g/mol. The summed E-state index contributed by atoms with van der Waals surface area (Å²) in [6.45, 7) is 4.21. The SMILES string of the molecule is Cc1ccc(C(c2ccccc2)c2ccccc2)cc1.Cc1ccccc1. The molecule has 0 radical (unpaired) electrons. The van der Waals surface area contributed by atoms with Crippen molar-refractivity contribution in [2.75, 3.05) is 0 Å². The third-order valence-electron chi connectivity index (χ3n) is 4.62. The van der Waals surface area contributed by atoms with Crippen LogP contribution in [0.1, 0.15) is 33.7 Å². The van der Waals surface area contributed by atoms with E-state index in [4.69, 9.17) is 0 Å². The van der Waals surface area contributed by atoms with E-state index >= 15 is 0 Å². The van der Waals surface area contributed by atoms with Crippen molar-refractivity contribution in [3.63, 3.8) is 0 Å². The number of hydrogen-bond donors (Lipinski definition) is 0. The first kappa shape index (κ1) is 18.7. The summed E-state index contributed by atoms with van der Waals surface area (Å²) in [7, 11) is 0. The lowest BCUT2D eigenvalue weighted by Crippen LogP contribution is -2.03. The van der Waals surface area contributed by atoms with Crippen LogP contribution >= 0.6 is 0 Å². The summed E-state index contributed by atoms with van der Waals surface area (Å²) >= 11 is 0. The molecule has 0 aliphatic rings. The van der Waals surface area contributed by atoms with Gasteiger partial charge in [0.2, 0.25) is 0 Å². The molecule has 4 rings (SSSR count). The van der Waals surface area contributed by atoms with Crippen molar-refractivity contribution in [3.8, 4) is 0 Å². The summed E-state index contributed by atoms with van der Waals surface area (Å²) in [5, 5.41) is 0. The molecule has 0 unspecified atom stereocenters. The molecule has 134 valence electrons. The normalized spacial score (nSPS) is 10.2. The van der Waals surface area contributed by atoms with E-state index in [1.54, 1.807) is 0 Å². The maximum absolute atomic E-state index is 2.24. The highest BCUT2D eigenvalue weighted by Crippen LogP contribution is 2.31. The lowest BCUT2D eigenvalue weighted by Gasteiger charge is -2.19. The van der Waals surface area contributed by atoms with Gasteiger partial charge >= 0.3 is 0 Å². The minimum atomic E-state index is 0.304. The molecule has 27 heavy (non-hydrogen) atoms. The minimum Gasteiger partial charge on any atom is -0.0622 e. The van der Waals surface area contributed by atoms with E-state index in [0.29, 0.717) is 5.92 Å². The number of rotatable bonds is 3. The van der Waals surface area contributed by atoms with Gasteiger partial charge in [0, 0.05) is 5.92 Å². The quantitative estimate of drug-likeness (QED) is 0.344. The zero-order valence-electron chi connectivity index (χ0n) is 16.0. The van der Waals surface area contributed by atoms with Gasteiger partial charge in [-0.25, -0.2) is 0 Å². The van der Waals surface area contributed by atoms with Crippen LogP contribution in [0.2, 0.25) is 0 Å². The van der Waals surface area contributed by atoms with E-state index in [0.717, 1.165) is 0 Å². The molecule has 0 aliphatic carbocycles. The molecule has 0 saturated heterocycles. The van der Waals surface area contributed by atoms with Gasteiger partial charge in [-0.3, -0.25) is 0 Å². The molecule has 0 atom stereocenters. The Kier molecular flexibility index (Phi) is 6.60. The average Bonchev–Trinajstić information content (AvgIpc) is 2.72. The predicted octanol–water partition coefficient (Wildman–Crippen LogP) is 7.17. The van der Waals surface area contributed by atoms with Crippen molar-refractivity contribution in [1.82, 2.24) is 0 Å². The van der Waals surface area contributed by atoms with Gasteiger partial charge in [0.25, 0.3) is 0 Å². The van der Waals surface area contributed by atoms with E-state index in [1.807, 2.05) is 18.2 Å². The van der Waals surface area contributed by atoms with Crippen molar-refractivity contribution in [2.45, 2.75) is 19.8 Å². The van der Waals surface area contributed by atoms with Gasteiger partial charge in [-0.15, -0.1) is 0 Å². The van der Waals surface area contributed by atoms with Gasteiger partial charge in [-0.2, -0.15) is 0 Å². The first-order chi connectivity index (χ1) is 13.2. The van der Waals surface area contributed by atoms with Gasteiger partial charge < -0.3 is 0 Å². The highest BCUT2D eigenvalue weighted by atomic mass is 14.2. The molecule has 0 heterocycles. The van der Waals surface area contributed by atoms with Gasteiger partial charge in [0.15, 0.2) is 0 Å². The second-order valence-electron chi connectivity index (χ2n) is 6.82. The third kappa shape index (κ3) is 5.43. The summed E-state index contributed by atoms with van der Waals surface area (Å²) < 4.78 is 0. The van der Waals surface area contributed by atoms with Crippen LogP contribution in [-0.4, -0.2) is 0 Å². The fourth-order valence-electron chi connectivity index (χ4n) is 3.16. The summed E-state index contributed by atoms with van der Waals surface area (Å²) in [6.07, 6.45) is 0. The van der Waals surface area contributed by atoms with Crippen molar-refractivity contribution >= 4 is 0 Å². The summed E-state index contributed by atoms with van der Waals surface area (Å²) in [6, 6.07) is 40.5. The monoisotopic (exact) mass is 350 g/mol. The summed E-state index contributed by atoms with van der Waals surface area (Å²) in [4.78, 5) is 0. The van der Waals surface area contributed by atoms with Crippen LogP contribution in [0.25, 0.3) is 0 Å². The second-order valence-corrected chi connectivity index (χ2v) is 6.82. The molecule has 0 nitrogen and oxygen atoms in total. The maximum atomic E-state index is 2.24. The van der Waals surface area contributed by atoms with Crippen LogP contribution in [0.4, 0.5) is 0 Å². The Balaban J connectivity index is 0.000000253. The van der Waals surface area contributed by atoms with E-state index in [1.165, 1.54) is 27.8 Å². The standard InChI is InChI=1S/C20H18.C7H8/c1-16-12-14-19(15-13-16)20(17-8-4-2-5-9-17)18-10-6-3-7-11-18;1-7-5-3-2-4-6-7/h2-15,20H,1H3;2-6H,1H3. The van der Waals surface area contributed by atoms with Crippen molar-refractivity contribution in [1.29, 1.82) is 0 Å². The molecule has 0 aromatic heterocycles. The van der Waals surface area contributed by atoms with E-state index in [2.05, 4.69) is 111 Å². The molecule has 0 amide bonds. The van der Waals surface area contributed by atoms with E-state index < -0.39 is 0 Å². The van der Waals surface area contributed by atoms with Gasteiger partial charge in [-0.1, -0.05) is 126 Å². The smallest absolute Gasteiger partial charge is 0.0339 e. The Hall–Kier alpha value is -3.12. The van der Waals surface area contributed by atoms with E-state index in [-0.39, 0.29) is 0 Å². The van der Waals surface area contributed by atoms with Gasteiger partial charge in [-0.05, 0) is 30.5 Å². The van der Waals surface area contributed by atoms with Crippen molar-refractivity contribution < 1.29 is 0 Å². The molecule has 4 aromatic rings.